The quantitative estimate of drug-likeness (QED) is 0.656. The Hall–Kier alpha value is -1.41. The van der Waals surface area contributed by atoms with Crippen molar-refractivity contribution in [1.82, 2.24) is 15.1 Å². The van der Waals surface area contributed by atoms with Crippen LogP contribution in [0.3, 0.4) is 0 Å². The van der Waals surface area contributed by atoms with Gasteiger partial charge in [-0.25, -0.2) is 0 Å². The molecule has 1 saturated heterocycles. The fourth-order valence-electron chi connectivity index (χ4n) is 2.92. The number of β-amino-alcohol motifs (C(OH)–C–C–N with tert-alkyl or cyclic N) is 1. The molecule has 128 valence electrons. The van der Waals surface area contributed by atoms with Gasteiger partial charge in [0.25, 0.3) is 0 Å². The van der Waals surface area contributed by atoms with Gasteiger partial charge in [-0.05, 0) is 25.0 Å². The van der Waals surface area contributed by atoms with Crippen molar-refractivity contribution in [3.63, 3.8) is 0 Å². The Morgan fingerprint density at radius 3 is 2.61 bits per heavy atom. The first-order chi connectivity index (χ1) is 11.1. The molecule has 1 aliphatic heterocycles. The van der Waals surface area contributed by atoms with Crippen LogP contribution in [0.4, 0.5) is 0 Å². The summed E-state index contributed by atoms with van der Waals surface area (Å²) < 4.78 is 5.50. The van der Waals surface area contributed by atoms with Crippen LogP contribution in [0.25, 0.3) is 0 Å². The molecule has 1 amide bonds. The molecule has 1 saturated carbocycles. The molecular weight excluding hydrogens is 298 g/mol. The van der Waals surface area contributed by atoms with Gasteiger partial charge >= 0.3 is 0 Å². The molecule has 7 heteroatoms. The van der Waals surface area contributed by atoms with E-state index in [2.05, 4.69) is 10.2 Å². The van der Waals surface area contributed by atoms with Gasteiger partial charge in [-0.3, -0.25) is 14.6 Å². The zero-order valence-electron chi connectivity index (χ0n) is 13.3. The van der Waals surface area contributed by atoms with Gasteiger partial charge in [-0.2, -0.15) is 0 Å². The van der Waals surface area contributed by atoms with Crippen molar-refractivity contribution >= 4 is 5.91 Å². The summed E-state index contributed by atoms with van der Waals surface area (Å²) in [6, 6.07) is 3.98. The molecule has 7 nitrogen and oxygen atoms in total. The minimum Gasteiger partial charge on any atom is -0.462 e. The summed E-state index contributed by atoms with van der Waals surface area (Å²) >= 11 is 0. The monoisotopic (exact) mass is 323 g/mol. The second kappa shape index (κ2) is 7.44. The van der Waals surface area contributed by atoms with Crippen molar-refractivity contribution in [3.05, 3.63) is 23.7 Å². The number of nitrogens with one attached hydrogen (secondary N) is 1. The van der Waals surface area contributed by atoms with Crippen LogP contribution in [0.15, 0.2) is 16.5 Å². The molecule has 0 spiro atoms. The second-order valence-electron chi connectivity index (χ2n) is 6.49. The second-order valence-corrected chi connectivity index (χ2v) is 6.49. The molecule has 2 heterocycles. The lowest BCUT2D eigenvalue weighted by atomic mass is 10.3. The topological polar surface area (TPSA) is 89.2 Å². The maximum absolute atomic E-state index is 11.9. The fraction of sp³-hybridized carbons (Fsp3) is 0.688. The number of rotatable bonds is 6. The predicted octanol–water partition coefficient (Wildman–Crippen LogP) is -0.471. The average Bonchev–Trinajstić information content (AvgIpc) is 3.22. The maximum Gasteiger partial charge on any atom is 0.234 e. The summed E-state index contributed by atoms with van der Waals surface area (Å²) in [6.07, 6.45) is 1.68. The summed E-state index contributed by atoms with van der Waals surface area (Å²) in [5.74, 6) is 1.38. The number of carbonyl (C=O) groups is 1. The van der Waals surface area contributed by atoms with Crippen molar-refractivity contribution < 1.29 is 19.4 Å². The van der Waals surface area contributed by atoms with E-state index in [1.54, 1.807) is 6.07 Å². The maximum atomic E-state index is 11.9. The number of carbonyl (C=O) groups excluding carboxylic acids is 1. The van der Waals surface area contributed by atoms with Crippen LogP contribution in [0.5, 0.6) is 0 Å². The van der Waals surface area contributed by atoms with Gasteiger partial charge in [0.05, 0.1) is 19.2 Å². The standard InChI is InChI=1S/C16H25N3O4/c20-11-15-4-3-14(23-15)9-18-5-6-19(8-13(21)7-18)10-16(22)17-12-1-2-12/h3-4,12-13,20-21H,1-2,5-11H2,(H,17,22)/t13-/m1/s1. The lowest BCUT2D eigenvalue weighted by Crippen LogP contribution is -2.41. The number of furan rings is 1. The Kier molecular flexibility index (Phi) is 5.32. The van der Waals surface area contributed by atoms with Crippen molar-refractivity contribution in [1.29, 1.82) is 0 Å². The Bertz CT molecular complexity index is 529. The number of aliphatic hydroxyl groups excluding tert-OH is 2. The largest absolute Gasteiger partial charge is 0.462 e. The third-order valence-corrected chi connectivity index (χ3v) is 4.23. The Labute approximate surface area is 135 Å². The number of amides is 1. The molecule has 1 aromatic rings. The first kappa shape index (κ1) is 16.4. The molecule has 2 fully saturated rings. The summed E-state index contributed by atoms with van der Waals surface area (Å²) in [7, 11) is 0. The number of hydrogen-bond acceptors (Lipinski definition) is 6. The Morgan fingerprint density at radius 2 is 1.91 bits per heavy atom. The van der Waals surface area contributed by atoms with E-state index >= 15 is 0 Å². The molecule has 2 aliphatic rings. The summed E-state index contributed by atoms with van der Waals surface area (Å²) in [5.41, 5.74) is 0. The van der Waals surface area contributed by atoms with Gasteiger partial charge in [0.2, 0.25) is 5.91 Å². The van der Waals surface area contributed by atoms with Gasteiger partial charge in [0.1, 0.15) is 18.1 Å². The van der Waals surface area contributed by atoms with Crippen LogP contribution in [-0.2, 0) is 17.9 Å². The lowest BCUT2D eigenvalue weighted by Gasteiger charge is -2.20. The SMILES string of the molecule is O=C(CN1CCN(Cc2ccc(CO)o2)C[C@@H](O)C1)NC1CC1. The highest BCUT2D eigenvalue weighted by atomic mass is 16.4. The van der Waals surface area contributed by atoms with Crippen LogP contribution in [0, 0.1) is 0 Å². The van der Waals surface area contributed by atoms with Crippen molar-refractivity contribution in [2.24, 2.45) is 0 Å². The third kappa shape index (κ3) is 5.04. The highest BCUT2D eigenvalue weighted by Crippen LogP contribution is 2.18. The van der Waals surface area contributed by atoms with E-state index < -0.39 is 6.10 Å². The van der Waals surface area contributed by atoms with Crippen LogP contribution in [0.2, 0.25) is 0 Å². The molecule has 0 unspecified atom stereocenters. The normalized spacial score (nSPS) is 23.7. The average molecular weight is 323 g/mol. The first-order valence-electron chi connectivity index (χ1n) is 8.23. The minimum absolute atomic E-state index is 0.0479. The Morgan fingerprint density at radius 1 is 1.22 bits per heavy atom. The molecule has 0 aromatic carbocycles. The molecular formula is C16H25N3O4. The van der Waals surface area contributed by atoms with E-state index in [1.807, 2.05) is 11.0 Å². The smallest absolute Gasteiger partial charge is 0.234 e. The highest BCUT2D eigenvalue weighted by molar-refractivity contribution is 5.78. The Balaban J connectivity index is 1.49. The number of nitrogens with zero attached hydrogens (tertiary/aromatic N) is 2. The minimum atomic E-state index is -0.488. The van der Waals surface area contributed by atoms with Crippen LogP contribution in [0.1, 0.15) is 24.4 Å². The predicted molar refractivity (Wildman–Crippen MR) is 83.5 cm³/mol. The molecule has 0 bridgehead atoms. The summed E-state index contributed by atoms with van der Waals surface area (Å²) in [5, 5.41) is 22.2. The van der Waals surface area contributed by atoms with E-state index in [0.29, 0.717) is 38.0 Å². The molecule has 3 N–H and O–H groups in total. The van der Waals surface area contributed by atoms with Gasteiger partial charge in [0, 0.05) is 32.2 Å². The lowest BCUT2D eigenvalue weighted by molar-refractivity contribution is -0.122. The zero-order valence-corrected chi connectivity index (χ0v) is 13.3. The van der Waals surface area contributed by atoms with E-state index in [-0.39, 0.29) is 12.5 Å². The van der Waals surface area contributed by atoms with E-state index in [1.165, 1.54) is 0 Å². The first-order valence-corrected chi connectivity index (χ1v) is 8.23. The van der Waals surface area contributed by atoms with Crippen LogP contribution < -0.4 is 5.32 Å². The van der Waals surface area contributed by atoms with Crippen molar-refractivity contribution in [2.45, 2.75) is 38.1 Å². The molecule has 3 rings (SSSR count). The van der Waals surface area contributed by atoms with Gasteiger partial charge in [-0.1, -0.05) is 0 Å². The van der Waals surface area contributed by atoms with E-state index in [0.717, 1.165) is 31.7 Å². The summed E-state index contributed by atoms with van der Waals surface area (Å²) in [6.45, 7) is 3.40. The number of hydrogen-bond donors (Lipinski definition) is 3. The van der Waals surface area contributed by atoms with Gasteiger partial charge < -0.3 is 19.9 Å². The molecule has 1 atom stereocenters. The van der Waals surface area contributed by atoms with E-state index in [9.17, 15) is 9.90 Å². The molecule has 1 aliphatic carbocycles. The fourth-order valence-corrected chi connectivity index (χ4v) is 2.92. The molecule has 1 aromatic heterocycles. The molecule has 23 heavy (non-hydrogen) atoms. The third-order valence-electron chi connectivity index (χ3n) is 4.23. The van der Waals surface area contributed by atoms with Gasteiger partial charge in [-0.15, -0.1) is 0 Å². The molecule has 0 radical (unpaired) electrons. The van der Waals surface area contributed by atoms with Crippen LogP contribution >= 0.6 is 0 Å². The number of aliphatic hydroxyl groups is 2. The van der Waals surface area contributed by atoms with E-state index in [4.69, 9.17) is 9.52 Å². The van der Waals surface area contributed by atoms with Crippen LogP contribution in [-0.4, -0.2) is 70.8 Å². The highest BCUT2D eigenvalue weighted by Gasteiger charge is 2.26. The summed E-state index contributed by atoms with van der Waals surface area (Å²) in [4.78, 5) is 16.0. The van der Waals surface area contributed by atoms with Gasteiger partial charge in [0.15, 0.2) is 0 Å². The van der Waals surface area contributed by atoms with Crippen molar-refractivity contribution in [2.75, 3.05) is 32.7 Å². The van der Waals surface area contributed by atoms with Crippen molar-refractivity contribution in [3.8, 4) is 0 Å². The zero-order chi connectivity index (χ0) is 16.2.